The molecule has 0 bridgehead atoms. The Hall–Kier alpha value is -1.34. The van der Waals surface area contributed by atoms with Gasteiger partial charge in [-0.15, -0.1) is 0 Å². The SMILES string of the molecule is CCCNC(=NCC(=O)N(C)C)NC1CCN(CC2CCOC2)CC1. The van der Waals surface area contributed by atoms with Crippen LogP contribution in [0.5, 0.6) is 0 Å². The first-order chi connectivity index (χ1) is 12.1. The van der Waals surface area contributed by atoms with Gasteiger partial charge in [-0.1, -0.05) is 6.92 Å². The fourth-order valence-corrected chi connectivity index (χ4v) is 3.23. The average molecular weight is 354 g/mol. The van der Waals surface area contributed by atoms with Crippen molar-refractivity contribution in [3.05, 3.63) is 0 Å². The maximum absolute atomic E-state index is 11.8. The number of rotatable bonds is 7. The van der Waals surface area contributed by atoms with Crippen LogP contribution in [-0.4, -0.2) is 87.7 Å². The molecule has 1 unspecified atom stereocenters. The third-order valence-corrected chi connectivity index (χ3v) is 4.88. The number of carbonyl (C=O) groups excluding carboxylic acids is 1. The Kier molecular flexibility index (Phi) is 8.48. The highest BCUT2D eigenvalue weighted by atomic mass is 16.5. The summed E-state index contributed by atoms with van der Waals surface area (Å²) in [7, 11) is 3.52. The van der Waals surface area contributed by atoms with Gasteiger partial charge in [0, 0.05) is 52.9 Å². The molecule has 2 heterocycles. The van der Waals surface area contributed by atoms with Crippen LogP contribution in [0.25, 0.3) is 0 Å². The Balaban J connectivity index is 1.76. The van der Waals surface area contributed by atoms with E-state index in [9.17, 15) is 4.79 Å². The van der Waals surface area contributed by atoms with E-state index in [1.165, 1.54) is 13.0 Å². The summed E-state index contributed by atoms with van der Waals surface area (Å²) in [5.74, 6) is 1.50. The summed E-state index contributed by atoms with van der Waals surface area (Å²) in [6.07, 6.45) is 4.46. The number of piperidine rings is 1. The molecule has 2 rings (SSSR count). The molecule has 1 atom stereocenters. The second-order valence-electron chi connectivity index (χ2n) is 7.33. The predicted octanol–water partition coefficient (Wildman–Crippen LogP) is 0.521. The first kappa shape index (κ1) is 20.0. The summed E-state index contributed by atoms with van der Waals surface area (Å²) >= 11 is 0. The number of guanidine groups is 1. The third kappa shape index (κ3) is 7.20. The number of aliphatic imine (C=N–C) groups is 1. The molecular weight excluding hydrogens is 318 g/mol. The van der Waals surface area contributed by atoms with Gasteiger partial charge in [-0.3, -0.25) is 4.79 Å². The smallest absolute Gasteiger partial charge is 0.243 e. The van der Waals surface area contributed by atoms with Crippen LogP contribution < -0.4 is 10.6 Å². The van der Waals surface area contributed by atoms with Crippen molar-refractivity contribution in [2.45, 2.75) is 38.6 Å². The molecular formula is C18H35N5O2. The number of hydrogen-bond donors (Lipinski definition) is 2. The Morgan fingerprint density at radius 3 is 2.64 bits per heavy atom. The fraction of sp³-hybridized carbons (Fsp3) is 0.889. The van der Waals surface area contributed by atoms with E-state index in [4.69, 9.17) is 4.74 Å². The first-order valence-corrected chi connectivity index (χ1v) is 9.63. The molecule has 0 aromatic heterocycles. The number of nitrogens with one attached hydrogen (secondary N) is 2. The fourth-order valence-electron chi connectivity index (χ4n) is 3.23. The third-order valence-electron chi connectivity index (χ3n) is 4.88. The standard InChI is InChI=1S/C18H35N5O2/c1-4-8-19-18(20-12-17(24)22(2)3)21-16-5-9-23(10-6-16)13-15-7-11-25-14-15/h15-16H,4-14H2,1-3H3,(H2,19,20,21). The first-order valence-electron chi connectivity index (χ1n) is 9.63. The maximum atomic E-state index is 11.8. The van der Waals surface area contributed by atoms with Crippen molar-refractivity contribution in [2.24, 2.45) is 10.9 Å². The van der Waals surface area contributed by atoms with Crippen molar-refractivity contribution in [1.82, 2.24) is 20.4 Å². The van der Waals surface area contributed by atoms with Gasteiger partial charge >= 0.3 is 0 Å². The maximum Gasteiger partial charge on any atom is 0.243 e. The average Bonchev–Trinajstić information content (AvgIpc) is 3.11. The van der Waals surface area contributed by atoms with Crippen LogP contribution in [0, 0.1) is 5.92 Å². The molecule has 0 spiro atoms. The lowest BCUT2D eigenvalue weighted by Gasteiger charge is -2.34. The predicted molar refractivity (Wildman–Crippen MR) is 101 cm³/mol. The van der Waals surface area contributed by atoms with Gasteiger partial charge in [0.2, 0.25) is 5.91 Å². The summed E-state index contributed by atoms with van der Waals surface area (Å²) in [5.41, 5.74) is 0. The Bertz CT molecular complexity index is 427. The number of ether oxygens (including phenoxy) is 1. The van der Waals surface area contributed by atoms with Crippen LogP contribution in [-0.2, 0) is 9.53 Å². The molecule has 0 radical (unpaired) electrons. The van der Waals surface area contributed by atoms with Crippen molar-refractivity contribution in [3.63, 3.8) is 0 Å². The molecule has 25 heavy (non-hydrogen) atoms. The van der Waals surface area contributed by atoms with E-state index >= 15 is 0 Å². The highest BCUT2D eigenvalue weighted by molar-refractivity contribution is 5.84. The number of amides is 1. The zero-order valence-corrected chi connectivity index (χ0v) is 16.1. The van der Waals surface area contributed by atoms with Crippen LogP contribution in [0.2, 0.25) is 0 Å². The number of carbonyl (C=O) groups is 1. The second-order valence-corrected chi connectivity index (χ2v) is 7.33. The van der Waals surface area contributed by atoms with Gasteiger partial charge in [0.1, 0.15) is 6.54 Å². The molecule has 2 N–H and O–H groups in total. The highest BCUT2D eigenvalue weighted by Gasteiger charge is 2.24. The van der Waals surface area contributed by atoms with Gasteiger partial charge in [0.05, 0.1) is 6.61 Å². The van der Waals surface area contributed by atoms with E-state index in [2.05, 4.69) is 27.4 Å². The lowest BCUT2D eigenvalue weighted by molar-refractivity contribution is -0.127. The topological polar surface area (TPSA) is 69.2 Å². The van der Waals surface area contributed by atoms with Gasteiger partial charge in [-0.25, -0.2) is 4.99 Å². The van der Waals surface area contributed by atoms with E-state index in [0.717, 1.165) is 58.1 Å². The van der Waals surface area contributed by atoms with Gasteiger partial charge < -0.3 is 25.2 Å². The van der Waals surface area contributed by atoms with Crippen molar-refractivity contribution < 1.29 is 9.53 Å². The number of hydrogen-bond acceptors (Lipinski definition) is 4. The van der Waals surface area contributed by atoms with Crippen LogP contribution in [0.1, 0.15) is 32.6 Å². The van der Waals surface area contributed by atoms with E-state index in [-0.39, 0.29) is 12.5 Å². The zero-order valence-electron chi connectivity index (χ0n) is 16.1. The molecule has 2 saturated heterocycles. The number of likely N-dealkylation sites (N-methyl/N-ethyl adjacent to an activating group) is 1. The van der Waals surface area contributed by atoms with E-state index in [1.54, 1.807) is 19.0 Å². The number of nitrogens with zero attached hydrogens (tertiary/aromatic N) is 3. The highest BCUT2D eigenvalue weighted by Crippen LogP contribution is 2.17. The van der Waals surface area contributed by atoms with Gasteiger partial charge in [0.25, 0.3) is 0 Å². The molecule has 1 amide bonds. The van der Waals surface area contributed by atoms with Gasteiger partial charge in [0.15, 0.2) is 5.96 Å². The molecule has 144 valence electrons. The van der Waals surface area contributed by atoms with Gasteiger partial charge in [-0.05, 0) is 31.6 Å². The van der Waals surface area contributed by atoms with Crippen LogP contribution in [0.4, 0.5) is 0 Å². The molecule has 7 heteroatoms. The van der Waals surface area contributed by atoms with Crippen LogP contribution in [0.3, 0.4) is 0 Å². The summed E-state index contributed by atoms with van der Waals surface area (Å²) in [6, 6.07) is 0.425. The summed E-state index contributed by atoms with van der Waals surface area (Å²) in [6.45, 7) is 8.43. The summed E-state index contributed by atoms with van der Waals surface area (Å²) < 4.78 is 5.48. The molecule has 0 aromatic carbocycles. The quantitative estimate of drug-likeness (QED) is 0.516. The molecule has 2 aliphatic heterocycles. The Morgan fingerprint density at radius 1 is 1.28 bits per heavy atom. The number of likely N-dealkylation sites (tertiary alicyclic amines) is 1. The minimum atomic E-state index is 0.0196. The van der Waals surface area contributed by atoms with Crippen molar-refractivity contribution >= 4 is 11.9 Å². The minimum Gasteiger partial charge on any atom is -0.381 e. The monoisotopic (exact) mass is 353 g/mol. The second kappa shape index (κ2) is 10.6. The van der Waals surface area contributed by atoms with E-state index in [1.807, 2.05) is 0 Å². The van der Waals surface area contributed by atoms with Crippen LogP contribution in [0.15, 0.2) is 4.99 Å². The zero-order chi connectivity index (χ0) is 18.1. The van der Waals surface area contributed by atoms with Crippen molar-refractivity contribution in [2.75, 3.05) is 60.0 Å². The largest absolute Gasteiger partial charge is 0.381 e. The summed E-state index contributed by atoms with van der Waals surface area (Å²) in [5, 5.41) is 6.83. The Labute approximate surface area is 152 Å². The molecule has 0 aromatic rings. The summed E-state index contributed by atoms with van der Waals surface area (Å²) in [4.78, 5) is 20.4. The van der Waals surface area contributed by atoms with Crippen molar-refractivity contribution in [1.29, 1.82) is 0 Å². The normalized spacial score (nSPS) is 22.8. The van der Waals surface area contributed by atoms with Gasteiger partial charge in [-0.2, -0.15) is 0 Å². The lowest BCUT2D eigenvalue weighted by Crippen LogP contribution is -2.49. The van der Waals surface area contributed by atoms with E-state index in [0.29, 0.717) is 12.0 Å². The Morgan fingerprint density at radius 2 is 2.04 bits per heavy atom. The van der Waals surface area contributed by atoms with E-state index < -0.39 is 0 Å². The minimum absolute atomic E-state index is 0.0196. The molecule has 2 aliphatic rings. The molecule has 2 fully saturated rings. The molecule has 0 aliphatic carbocycles. The van der Waals surface area contributed by atoms with Crippen LogP contribution >= 0.6 is 0 Å². The molecule has 7 nitrogen and oxygen atoms in total. The molecule has 0 saturated carbocycles. The van der Waals surface area contributed by atoms with Crippen molar-refractivity contribution in [3.8, 4) is 0 Å². The lowest BCUT2D eigenvalue weighted by atomic mass is 10.0.